The lowest BCUT2D eigenvalue weighted by Crippen LogP contribution is -2.53. The van der Waals surface area contributed by atoms with Crippen LogP contribution in [0.15, 0.2) is 6.20 Å². The third kappa shape index (κ3) is 3.72. The van der Waals surface area contributed by atoms with Crippen LogP contribution in [0.5, 0.6) is 0 Å². The zero-order valence-electron chi connectivity index (χ0n) is 18.8. The Balaban J connectivity index is 1.26. The number of aryl methyl sites for hydroxylation is 1. The number of hydrogen-bond donors (Lipinski definition) is 2. The molecule has 1 amide bonds. The van der Waals surface area contributed by atoms with Gasteiger partial charge in [0.1, 0.15) is 11.9 Å². The molecule has 9 nitrogen and oxygen atoms in total. The van der Waals surface area contributed by atoms with Crippen molar-refractivity contribution in [3.63, 3.8) is 0 Å². The smallest absolute Gasteiger partial charge is 0.245 e. The van der Waals surface area contributed by atoms with Gasteiger partial charge in [0.25, 0.3) is 0 Å². The second kappa shape index (κ2) is 8.03. The first kappa shape index (κ1) is 20.0. The van der Waals surface area contributed by atoms with Crippen LogP contribution >= 0.6 is 0 Å². The van der Waals surface area contributed by atoms with Gasteiger partial charge in [0.05, 0.1) is 11.9 Å². The summed E-state index contributed by atoms with van der Waals surface area (Å²) < 4.78 is 0. The van der Waals surface area contributed by atoms with Gasteiger partial charge in [-0.25, -0.2) is 9.97 Å². The van der Waals surface area contributed by atoms with Gasteiger partial charge in [0.2, 0.25) is 17.8 Å². The minimum Gasteiger partial charge on any atom is -0.338 e. The van der Waals surface area contributed by atoms with E-state index in [1.165, 1.54) is 24.1 Å². The van der Waals surface area contributed by atoms with Crippen LogP contribution < -0.4 is 10.2 Å². The fourth-order valence-electron chi connectivity index (χ4n) is 5.26. The molecule has 0 radical (unpaired) electrons. The first-order chi connectivity index (χ1) is 15.7. The molecule has 3 fully saturated rings. The van der Waals surface area contributed by atoms with Crippen molar-refractivity contribution in [2.24, 2.45) is 0 Å². The lowest BCUT2D eigenvalue weighted by atomic mass is 10.1. The van der Waals surface area contributed by atoms with Crippen molar-refractivity contribution >= 4 is 23.6 Å². The highest BCUT2D eigenvalue weighted by Gasteiger charge is 2.37. The number of amides is 1. The summed E-state index contributed by atoms with van der Waals surface area (Å²) in [4.78, 5) is 37.6. The van der Waals surface area contributed by atoms with E-state index >= 15 is 0 Å². The van der Waals surface area contributed by atoms with Crippen LogP contribution in [0.3, 0.4) is 0 Å². The molecule has 0 spiro atoms. The number of imidazole rings is 1. The molecule has 1 atom stereocenters. The number of carbonyl (C=O) groups excluding carboxylic acids is 1. The van der Waals surface area contributed by atoms with Crippen molar-refractivity contribution in [2.75, 3.05) is 50.0 Å². The number of piperazine rings is 1. The van der Waals surface area contributed by atoms with Gasteiger partial charge in [0, 0.05) is 49.9 Å². The molecule has 2 aliphatic carbocycles. The molecule has 170 valence electrons. The maximum Gasteiger partial charge on any atom is 0.245 e. The average Bonchev–Trinajstić information content (AvgIpc) is 3.20. The number of aromatic amines is 1. The van der Waals surface area contributed by atoms with Crippen LogP contribution in [0.25, 0.3) is 0 Å². The summed E-state index contributed by atoms with van der Waals surface area (Å²) >= 11 is 0. The van der Waals surface area contributed by atoms with Crippen LogP contribution in [0.4, 0.5) is 17.7 Å². The normalized spacial score (nSPS) is 23.6. The third-order valence-electron chi connectivity index (χ3n) is 7.38. The van der Waals surface area contributed by atoms with Gasteiger partial charge < -0.3 is 25.0 Å². The predicted octanol–water partition coefficient (Wildman–Crippen LogP) is 2.05. The minimum atomic E-state index is -0.157. The first-order valence-corrected chi connectivity index (χ1v) is 12.1. The standard InChI is InChI=1S/C23H32N8O/c1-29-10-12-30(13-11-29)21(32)19-6-3-9-31(19)23-26-17-5-2-4-16(17)20(28-23)27-22-24-14-18(25-22)15-7-8-15/h14-15,19H,2-13H2,1H3,(H2,24,25,26,27,28)/t19-/m1/s1. The van der Waals surface area contributed by atoms with Crippen LogP contribution in [0.2, 0.25) is 0 Å². The Labute approximate surface area is 188 Å². The van der Waals surface area contributed by atoms with Crippen molar-refractivity contribution in [3.05, 3.63) is 23.1 Å². The number of nitrogens with one attached hydrogen (secondary N) is 2. The lowest BCUT2D eigenvalue weighted by Gasteiger charge is -2.36. The number of aromatic nitrogens is 4. The second-order valence-electron chi connectivity index (χ2n) is 9.72. The molecule has 0 bridgehead atoms. The van der Waals surface area contributed by atoms with E-state index in [4.69, 9.17) is 9.97 Å². The summed E-state index contributed by atoms with van der Waals surface area (Å²) in [5.74, 6) is 3.14. The molecular weight excluding hydrogens is 404 g/mol. The van der Waals surface area contributed by atoms with Crippen molar-refractivity contribution in [3.8, 4) is 0 Å². The second-order valence-corrected chi connectivity index (χ2v) is 9.72. The number of likely N-dealkylation sites (N-methyl/N-ethyl adjacent to an activating group) is 1. The van der Waals surface area contributed by atoms with Gasteiger partial charge >= 0.3 is 0 Å². The molecule has 2 aliphatic heterocycles. The molecule has 2 saturated heterocycles. The quantitative estimate of drug-likeness (QED) is 0.741. The zero-order chi connectivity index (χ0) is 21.7. The molecule has 4 aliphatic rings. The summed E-state index contributed by atoms with van der Waals surface area (Å²) in [5, 5.41) is 3.44. The molecule has 0 aromatic carbocycles. The van der Waals surface area contributed by atoms with Crippen LogP contribution in [0, 0.1) is 0 Å². The number of H-pyrrole nitrogens is 1. The Morgan fingerprint density at radius 3 is 2.72 bits per heavy atom. The zero-order valence-corrected chi connectivity index (χ0v) is 18.8. The highest BCUT2D eigenvalue weighted by Crippen LogP contribution is 2.39. The highest BCUT2D eigenvalue weighted by molar-refractivity contribution is 5.85. The molecular formula is C23H32N8O. The van der Waals surface area contributed by atoms with E-state index in [0.717, 1.165) is 82.3 Å². The summed E-state index contributed by atoms with van der Waals surface area (Å²) in [6, 6.07) is -0.157. The van der Waals surface area contributed by atoms with Gasteiger partial charge in [-0.2, -0.15) is 4.98 Å². The maximum atomic E-state index is 13.4. The Morgan fingerprint density at radius 1 is 1.06 bits per heavy atom. The molecule has 0 unspecified atom stereocenters. The molecule has 2 aromatic heterocycles. The van der Waals surface area contributed by atoms with E-state index in [9.17, 15) is 4.79 Å². The van der Waals surface area contributed by atoms with E-state index in [1.807, 2.05) is 11.1 Å². The summed E-state index contributed by atoms with van der Waals surface area (Å²) in [6.45, 7) is 4.31. The molecule has 9 heteroatoms. The number of hydrogen-bond acceptors (Lipinski definition) is 7. The van der Waals surface area contributed by atoms with Crippen LogP contribution in [-0.2, 0) is 17.6 Å². The molecule has 1 saturated carbocycles. The Hall–Kier alpha value is -2.68. The van der Waals surface area contributed by atoms with E-state index in [1.54, 1.807) is 0 Å². The van der Waals surface area contributed by atoms with E-state index in [-0.39, 0.29) is 11.9 Å². The molecule has 2 aromatic rings. The van der Waals surface area contributed by atoms with Crippen molar-refractivity contribution in [2.45, 2.75) is 56.9 Å². The van der Waals surface area contributed by atoms with E-state index in [0.29, 0.717) is 11.9 Å². The number of carbonyl (C=O) groups is 1. The fourth-order valence-corrected chi connectivity index (χ4v) is 5.26. The van der Waals surface area contributed by atoms with E-state index in [2.05, 4.69) is 32.1 Å². The molecule has 6 rings (SSSR count). The minimum absolute atomic E-state index is 0.157. The molecule has 2 N–H and O–H groups in total. The van der Waals surface area contributed by atoms with Gasteiger partial charge in [0.15, 0.2) is 0 Å². The third-order valence-corrected chi connectivity index (χ3v) is 7.38. The van der Waals surface area contributed by atoms with Gasteiger partial charge in [-0.1, -0.05) is 0 Å². The van der Waals surface area contributed by atoms with Crippen LogP contribution in [-0.4, -0.2) is 81.5 Å². The predicted molar refractivity (Wildman–Crippen MR) is 122 cm³/mol. The number of nitrogens with zero attached hydrogens (tertiary/aromatic N) is 6. The van der Waals surface area contributed by atoms with Crippen molar-refractivity contribution in [1.29, 1.82) is 0 Å². The number of fused-ring (bicyclic) bond motifs is 1. The van der Waals surface area contributed by atoms with Crippen molar-refractivity contribution < 1.29 is 4.79 Å². The Kier molecular flexibility index (Phi) is 5.01. The SMILES string of the molecule is CN1CCN(C(=O)[C@H]2CCCN2c2nc3c(c(Nc4ncc(C5CC5)[nH]4)n2)CCC3)CC1. The average molecular weight is 437 g/mol. The summed E-state index contributed by atoms with van der Waals surface area (Å²) in [5.41, 5.74) is 3.51. The fraction of sp³-hybridized carbons (Fsp3) is 0.652. The summed E-state index contributed by atoms with van der Waals surface area (Å²) in [6.07, 6.45) is 9.34. The summed E-state index contributed by atoms with van der Waals surface area (Å²) in [7, 11) is 2.11. The molecule has 4 heterocycles. The van der Waals surface area contributed by atoms with Gasteiger partial charge in [-0.15, -0.1) is 0 Å². The monoisotopic (exact) mass is 436 g/mol. The Bertz CT molecular complexity index is 1010. The number of anilines is 3. The highest BCUT2D eigenvalue weighted by atomic mass is 16.2. The maximum absolute atomic E-state index is 13.4. The Morgan fingerprint density at radius 2 is 1.91 bits per heavy atom. The van der Waals surface area contributed by atoms with Gasteiger partial charge in [-0.05, 0) is 52.0 Å². The van der Waals surface area contributed by atoms with Crippen LogP contribution in [0.1, 0.15) is 55.0 Å². The topological polar surface area (TPSA) is 93.3 Å². The largest absolute Gasteiger partial charge is 0.338 e. The van der Waals surface area contributed by atoms with E-state index < -0.39 is 0 Å². The lowest BCUT2D eigenvalue weighted by molar-refractivity contribution is -0.134. The number of rotatable bonds is 5. The van der Waals surface area contributed by atoms with Gasteiger partial charge in [-0.3, -0.25) is 4.79 Å². The molecule has 32 heavy (non-hydrogen) atoms. The van der Waals surface area contributed by atoms with Crippen molar-refractivity contribution in [1.82, 2.24) is 29.7 Å². The first-order valence-electron chi connectivity index (χ1n) is 12.1.